The molecule has 0 fully saturated rings. The summed E-state index contributed by atoms with van der Waals surface area (Å²) in [6.45, 7) is 4.13. The molecule has 0 unspecified atom stereocenters. The first kappa shape index (κ1) is 16.3. The third-order valence-electron chi connectivity index (χ3n) is 4.42. The quantitative estimate of drug-likeness (QED) is 0.573. The molecule has 7 nitrogen and oxygen atoms in total. The van der Waals surface area contributed by atoms with Crippen LogP contribution in [-0.4, -0.2) is 37.5 Å². The number of aryl methyl sites for hydroxylation is 2. The fourth-order valence-corrected chi connectivity index (χ4v) is 3.30. The van der Waals surface area contributed by atoms with Gasteiger partial charge in [0.25, 0.3) is 0 Å². The fourth-order valence-electron chi connectivity index (χ4n) is 3.30. The predicted octanol–water partition coefficient (Wildman–Crippen LogP) is 2.93. The molecule has 0 radical (unpaired) electrons. The summed E-state index contributed by atoms with van der Waals surface area (Å²) < 4.78 is 6.77. The van der Waals surface area contributed by atoms with Crippen molar-refractivity contribution in [1.82, 2.24) is 25.0 Å². The highest BCUT2D eigenvalue weighted by molar-refractivity contribution is 6.05. The Bertz CT molecular complexity index is 1110. The number of fused-ring (bicyclic) bond motifs is 3. The van der Waals surface area contributed by atoms with Crippen molar-refractivity contribution in [3.8, 4) is 11.3 Å². The maximum atomic E-state index is 11.7. The molecule has 0 amide bonds. The van der Waals surface area contributed by atoms with Gasteiger partial charge < -0.3 is 9.72 Å². The van der Waals surface area contributed by atoms with E-state index >= 15 is 0 Å². The Morgan fingerprint density at radius 2 is 2.12 bits per heavy atom. The third-order valence-corrected chi connectivity index (χ3v) is 4.42. The predicted molar refractivity (Wildman–Crippen MR) is 98.7 cm³/mol. The first-order valence-electron chi connectivity index (χ1n) is 8.49. The van der Waals surface area contributed by atoms with Gasteiger partial charge in [-0.15, -0.1) is 5.10 Å². The van der Waals surface area contributed by atoms with Gasteiger partial charge in [0.2, 0.25) is 0 Å². The molecule has 0 saturated carbocycles. The van der Waals surface area contributed by atoms with E-state index in [4.69, 9.17) is 4.74 Å². The topological polar surface area (TPSA) is 85.7 Å². The Balaban J connectivity index is 1.77. The molecule has 3 heterocycles. The molecule has 4 aromatic rings. The molecule has 3 aromatic heterocycles. The molecule has 0 aliphatic carbocycles. The van der Waals surface area contributed by atoms with Crippen molar-refractivity contribution in [2.75, 3.05) is 6.61 Å². The second-order valence-electron chi connectivity index (χ2n) is 6.25. The standard InChI is InChI=1S/C19H19N5O2/c1-4-26-17(25)8-12-5-6-14-15(7-12)21-16-9-13(10-20-18(14)16)19-11(2)22-23-24(19)3/h5-7,9-10,21H,4,8H2,1-3H3. The lowest BCUT2D eigenvalue weighted by molar-refractivity contribution is -0.142. The summed E-state index contributed by atoms with van der Waals surface area (Å²) in [5.41, 5.74) is 6.47. The van der Waals surface area contributed by atoms with Crippen molar-refractivity contribution in [2.45, 2.75) is 20.3 Å². The first-order chi connectivity index (χ1) is 12.6. The van der Waals surface area contributed by atoms with Gasteiger partial charge in [-0.3, -0.25) is 9.78 Å². The van der Waals surface area contributed by atoms with E-state index in [1.807, 2.05) is 45.3 Å². The Hall–Kier alpha value is -3.22. The lowest BCUT2D eigenvalue weighted by atomic mass is 10.1. The van der Waals surface area contributed by atoms with Gasteiger partial charge in [-0.1, -0.05) is 17.3 Å². The van der Waals surface area contributed by atoms with Crippen LogP contribution in [0, 0.1) is 6.92 Å². The third kappa shape index (κ3) is 2.71. The Morgan fingerprint density at radius 1 is 1.27 bits per heavy atom. The number of carbonyl (C=O) groups is 1. The lowest BCUT2D eigenvalue weighted by Crippen LogP contribution is -2.07. The number of esters is 1. The van der Waals surface area contributed by atoms with E-state index in [2.05, 4.69) is 26.3 Å². The Morgan fingerprint density at radius 3 is 2.85 bits per heavy atom. The number of rotatable bonds is 4. The number of aromatic amines is 1. The van der Waals surface area contributed by atoms with E-state index in [1.165, 1.54) is 0 Å². The van der Waals surface area contributed by atoms with E-state index in [0.717, 1.165) is 44.5 Å². The number of nitrogens with zero attached hydrogens (tertiary/aromatic N) is 4. The van der Waals surface area contributed by atoms with Crippen LogP contribution in [0.15, 0.2) is 30.5 Å². The van der Waals surface area contributed by atoms with Crippen molar-refractivity contribution in [1.29, 1.82) is 0 Å². The van der Waals surface area contributed by atoms with Crippen LogP contribution in [-0.2, 0) is 23.0 Å². The molecule has 1 aromatic carbocycles. The van der Waals surface area contributed by atoms with Crippen LogP contribution in [0.5, 0.6) is 0 Å². The number of ether oxygens (including phenoxy) is 1. The number of nitrogens with one attached hydrogen (secondary N) is 1. The molecular weight excluding hydrogens is 330 g/mol. The van der Waals surface area contributed by atoms with Gasteiger partial charge in [0.1, 0.15) is 0 Å². The molecule has 0 aliphatic rings. The maximum Gasteiger partial charge on any atom is 0.310 e. The van der Waals surface area contributed by atoms with E-state index < -0.39 is 0 Å². The molecule has 0 atom stereocenters. The molecule has 0 spiro atoms. The minimum atomic E-state index is -0.220. The first-order valence-corrected chi connectivity index (χ1v) is 8.49. The van der Waals surface area contributed by atoms with E-state index in [9.17, 15) is 4.79 Å². The second kappa shape index (κ2) is 6.25. The zero-order valence-corrected chi connectivity index (χ0v) is 14.9. The summed E-state index contributed by atoms with van der Waals surface area (Å²) in [6, 6.07) is 7.97. The van der Waals surface area contributed by atoms with Crippen LogP contribution in [0.3, 0.4) is 0 Å². The summed E-state index contributed by atoms with van der Waals surface area (Å²) in [7, 11) is 1.87. The minimum absolute atomic E-state index is 0.220. The van der Waals surface area contributed by atoms with Crippen molar-refractivity contribution in [2.24, 2.45) is 7.05 Å². The second-order valence-corrected chi connectivity index (χ2v) is 6.25. The summed E-state index contributed by atoms with van der Waals surface area (Å²) in [5, 5.41) is 9.18. The van der Waals surface area contributed by atoms with Gasteiger partial charge in [0, 0.05) is 29.7 Å². The highest BCUT2D eigenvalue weighted by Crippen LogP contribution is 2.29. The highest BCUT2D eigenvalue weighted by atomic mass is 16.5. The van der Waals surface area contributed by atoms with Crippen LogP contribution in [0.1, 0.15) is 18.2 Å². The van der Waals surface area contributed by atoms with Crippen LogP contribution >= 0.6 is 0 Å². The van der Waals surface area contributed by atoms with Crippen LogP contribution in [0.2, 0.25) is 0 Å². The molecule has 1 N–H and O–H groups in total. The molecule has 132 valence electrons. The SMILES string of the molecule is CCOC(=O)Cc1ccc2c(c1)[nH]c1cc(-c3c(C)nnn3C)cnc12. The number of carbonyl (C=O) groups excluding carboxylic acids is 1. The average Bonchev–Trinajstić information content (AvgIpc) is 3.13. The van der Waals surface area contributed by atoms with E-state index in [-0.39, 0.29) is 12.4 Å². The fraction of sp³-hybridized carbons (Fsp3) is 0.263. The lowest BCUT2D eigenvalue weighted by Gasteiger charge is -2.02. The van der Waals surface area contributed by atoms with Gasteiger partial charge in [-0.05, 0) is 31.5 Å². The van der Waals surface area contributed by atoms with E-state index in [0.29, 0.717) is 6.61 Å². The highest BCUT2D eigenvalue weighted by Gasteiger charge is 2.13. The smallest absolute Gasteiger partial charge is 0.310 e. The molecule has 26 heavy (non-hydrogen) atoms. The zero-order valence-electron chi connectivity index (χ0n) is 14.9. The molecule has 4 rings (SSSR count). The average molecular weight is 349 g/mol. The Labute approximate surface area is 150 Å². The molecule has 7 heteroatoms. The number of benzene rings is 1. The van der Waals surface area contributed by atoms with Crippen molar-refractivity contribution < 1.29 is 9.53 Å². The molecule has 0 saturated heterocycles. The van der Waals surface area contributed by atoms with Crippen LogP contribution in [0.25, 0.3) is 33.2 Å². The van der Waals surface area contributed by atoms with E-state index in [1.54, 1.807) is 4.68 Å². The van der Waals surface area contributed by atoms with Gasteiger partial charge >= 0.3 is 5.97 Å². The van der Waals surface area contributed by atoms with Crippen molar-refractivity contribution in [3.05, 3.63) is 41.7 Å². The van der Waals surface area contributed by atoms with Crippen LogP contribution in [0.4, 0.5) is 0 Å². The monoisotopic (exact) mass is 349 g/mol. The zero-order chi connectivity index (χ0) is 18.3. The molecule has 0 aliphatic heterocycles. The Kier molecular flexibility index (Phi) is 3.91. The van der Waals surface area contributed by atoms with Crippen molar-refractivity contribution >= 4 is 27.9 Å². The summed E-state index contributed by atoms with van der Waals surface area (Å²) in [4.78, 5) is 19.7. The number of hydrogen-bond acceptors (Lipinski definition) is 5. The number of H-pyrrole nitrogens is 1. The van der Waals surface area contributed by atoms with Gasteiger partial charge in [0.05, 0.1) is 35.4 Å². The summed E-state index contributed by atoms with van der Waals surface area (Å²) in [5.74, 6) is -0.220. The number of aromatic nitrogens is 5. The minimum Gasteiger partial charge on any atom is -0.466 e. The van der Waals surface area contributed by atoms with Gasteiger partial charge in [0.15, 0.2) is 0 Å². The van der Waals surface area contributed by atoms with Crippen molar-refractivity contribution in [3.63, 3.8) is 0 Å². The maximum absolute atomic E-state index is 11.7. The normalized spacial score (nSPS) is 11.3. The summed E-state index contributed by atoms with van der Waals surface area (Å²) in [6.07, 6.45) is 2.10. The largest absolute Gasteiger partial charge is 0.466 e. The summed E-state index contributed by atoms with van der Waals surface area (Å²) >= 11 is 0. The van der Waals surface area contributed by atoms with Crippen LogP contribution < -0.4 is 0 Å². The molecule has 0 bridgehead atoms. The molecular formula is C19H19N5O2. The van der Waals surface area contributed by atoms with Gasteiger partial charge in [-0.2, -0.15) is 0 Å². The van der Waals surface area contributed by atoms with Gasteiger partial charge in [-0.25, -0.2) is 4.68 Å². The number of pyridine rings is 1. The number of hydrogen-bond donors (Lipinski definition) is 1.